The number of ether oxygens (including phenoxy) is 1. The fourth-order valence-electron chi connectivity index (χ4n) is 2.21. The van der Waals surface area contributed by atoms with Gasteiger partial charge in [0.25, 0.3) is 0 Å². The van der Waals surface area contributed by atoms with Crippen molar-refractivity contribution in [2.45, 2.75) is 19.6 Å². The maximum absolute atomic E-state index is 12.5. The van der Waals surface area contributed by atoms with Crippen LogP contribution in [0.25, 0.3) is 0 Å². The Labute approximate surface area is 156 Å². The van der Waals surface area contributed by atoms with Gasteiger partial charge in [-0.2, -0.15) is 20.5 Å². The van der Waals surface area contributed by atoms with Crippen molar-refractivity contribution in [3.05, 3.63) is 54.0 Å². The van der Waals surface area contributed by atoms with Crippen LogP contribution in [-0.2, 0) is 13.0 Å². The first-order valence-electron chi connectivity index (χ1n) is 8.25. The van der Waals surface area contributed by atoms with E-state index >= 15 is 0 Å². The van der Waals surface area contributed by atoms with E-state index in [-0.39, 0.29) is 12.3 Å². The monoisotopic (exact) mass is 383 g/mol. The molecule has 0 saturated carbocycles. The largest absolute Gasteiger partial charge is 0.469 e. The van der Waals surface area contributed by atoms with Gasteiger partial charge < -0.3 is 19.8 Å². The van der Waals surface area contributed by atoms with E-state index in [1.165, 1.54) is 6.07 Å². The molecule has 1 heterocycles. The second-order valence-electron chi connectivity index (χ2n) is 5.33. The molecule has 2 N–H and O–H groups in total. The molecular formula is C18H23F2N3O2S. The summed E-state index contributed by atoms with van der Waals surface area (Å²) in [6.45, 7) is -1.22. The van der Waals surface area contributed by atoms with E-state index in [1.807, 2.05) is 18.4 Å². The van der Waals surface area contributed by atoms with E-state index in [0.717, 1.165) is 24.5 Å². The third-order valence-electron chi connectivity index (χ3n) is 3.44. The first kappa shape index (κ1) is 20.1. The molecule has 0 aliphatic carbocycles. The lowest BCUT2D eigenvalue weighted by Gasteiger charge is -2.13. The highest BCUT2D eigenvalue weighted by molar-refractivity contribution is 7.98. The summed E-state index contributed by atoms with van der Waals surface area (Å²) in [5.74, 6) is 2.59. The third-order valence-corrected chi connectivity index (χ3v) is 4.05. The fourth-order valence-corrected chi connectivity index (χ4v) is 2.52. The molecular weight excluding hydrogens is 360 g/mol. The normalized spacial score (nSPS) is 11.6. The van der Waals surface area contributed by atoms with Crippen LogP contribution in [0.15, 0.2) is 52.1 Å². The summed E-state index contributed by atoms with van der Waals surface area (Å²) in [6.07, 6.45) is 4.39. The Morgan fingerprint density at radius 2 is 2.00 bits per heavy atom. The molecule has 0 aliphatic rings. The van der Waals surface area contributed by atoms with Crippen molar-refractivity contribution in [1.82, 2.24) is 10.6 Å². The van der Waals surface area contributed by atoms with Gasteiger partial charge >= 0.3 is 6.61 Å². The zero-order valence-electron chi connectivity index (χ0n) is 14.6. The standard InChI is InChI=1S/C18H23F2N3O2S/c1-26-12-10-22-18(21-9-8-15-6-4-11-24-15)23-13-14-5-2-3-7-16(14)25-17(19)20/h2-7,11,17H,8-10,12-13H2,1H3,(H2,21,22,23). The molecule has 0 fully saturated rings. The van der Waals surface area contributed by atoms with Gasteiger partial charge in [0.2, 0.25) is 0 Å². The zero-order chi connectivity index (χ0) is 18.6. The maximum atomic E-state index is 12.5. The van der Waals surface area contributed by atoms with Crippen LogP contribution < -0.4 is 15.4 Å². The molecule has 26 heavy (non-hydrogen) atoms. The molecule has 1 aromatic carbocycles. The van der Waals surface area contributed by atoms with Gasteiger partial charge in [0.05, 0.1) is 12.8 Å². The zero-order valence-corrected chi connectivity index (χ0v) is 15.4. The van der Waals surface area contributed by atoms with Gasteiger partial charge in [-0.1, -0.05) is 18.2 Å². The highest BCUT2D eigenvalue weighted by Gasteiger charge is 2.09. The van der Waals surface area contributed by atoms with Crippen LogP contribution in [0.2, 0.25) is 0 Å². The van der Waals surface area contributed by atoms with Gasteiger partial charge in [-0.15, -0.1) is 0 Å². The summed E-state index contributed by atoms with van der Waals surface area (Å²) < 4.78 is 34.9. The smallest absolute Gasteiger partial charge is 0.387 e. The second-order valence-corrected chi connectivity index (χ2v) is 6.31. The van der Waals surface area contributed by atoms with Crippen LogP contribution in [0.4, 0.5) is 8.78 Å². The Morgan fingerprint density at radius 3 is 2.73 bits per heavy atom. The van der Waals surface area contributed by atoms with Crippen LogP contribution in [0.1, 0.15) is 11.3 Å². The number of halogens is 2. The van der Waals surface area contributed by atoms with Gasteiger partial charge in [-0.3, -0.25) is 0 Å². The molecule has 0 radical (unpaired) electrons. The first-order valence-corrected chi connectivity index (χ1v) is 9.64. The van der Waals surface area contributed by atoms with Crippen LogP contribution in [0.5, 0.6) is 5.75 Å². The molecule has 0 amide bonds. The Hall–Kier alpha value is -2.22. The van der Waals surface area contributed by atoms with Crippen molar-refractivity contribution in [3.8, 4) is 5.75 Å². The van der Waals surface area contributed by atoms with Gasteiger partial charge in [-0.05, 0) is 24.5 Å². The molecule has 5 nitrogen and oxygen atoms in total. The molecule has 2 rings (SSSR count). The third kappa shape index (κ3) is 7.35. The Bertz CT molecular complexity index is 666. The summed E-state index contributed by atoms with van der Waals surface area (Å²) in [5.41, 5.74) is 0.602. The number of aliphatic imine (C=N–C) groups is 1. The topological polar surface area (TPSA) is 58.8 Å². The number of hydrogen-bond donors (Lipinski definition) is 2. The number of rotatable bonds is 10. The number of thioether (sulfide) groups is 1. The van der Waals surface area contributed by atoms with Crippen LogP contribution >= 0.6 is 11.8 Å². The van der Waals surface area contributed by atoms with Gasteiger partial charge in [0.1, 0.15) is 11.5 Å². The molecule has 142 valence electrons. The number of alkyl halides is 2. The molecule has 0 atom stereocenters. The first-order chi connectivity index (χ1) is 12.7. The van der Waals surface area contributed by atoms with Gasteiger partial charge in [0.15, 0.2) is 5.96 Å². The lowest BCUT2D eigenvalue weighted by atomic mass is 10.2. The predicted octanol–water partition coefficient (Wildman–Crippen LogP) is 3.52. The SMILES string of the molecule is CSCCNC(=NCc1ccccc1OC(F)F)NCCc1ccco1. The average Bonchev–Trinajstić information content (AvgIpc) is 3.13. The Morgan fingerprint density at radius 1 is 1.19 bits per heavy atom. The number of guanidine groups is 1. The van der Waals surface area contributed by atoms with Crippen LogP contribution in [-0.4, -0.2) is 37.7 Å². The van der Waals surface area contributed by atoms with Crippen molar-refractivity contribution >= 4 is 17.7 Å². The van der Waals surface area contributed by atoms with Crippen LogP contribution in [0.3, 0.4) is 0 Å². The molecule has 0 bridgehead atoms. The van der Waals surface area contributed by atoms with E-state index in [2.05, 4.69) is 20.4 Å². The lowest BCUT2D eigenvalue weighted by molar-refractivity contribution is -0.0504. The van der Waals surface area contributed by atoms with E-state index < -0.39 is 6.61 Å². The highest BCUT2D eigenvalue weighted by atomic mass is 32.2. The minimum atomic E-state index is -2.86. The van der Waals surface area contributed by atoms with E-state index in [4.69, 9.17) is 4.42 Å². The van der Waals surface area contributed by atoms with Crippen LogP contribution in [0, 0.1) is 0 Å². The number of para-hydroxylation sites is 1. The Balaban J connectivity index is 1.96. The highest BCUT2D eigenvalue weighted by Crippen LogP contribution is 2.20. The van der Waals surface area contributed by atoms with Crippen molar-refractivity contribution in [2.24, 2.45) is 4.99 Å². The summed E-state index contributed by atoms with van der Waals surface area (Å²) >= 11 is 1.73. The van der Waals surface area contributed by atoms with Gasteiger partial charge in [0, 0.05) is 30.8 Å². The van der Waals surface area contributed by atoms with Crippen molar-refractivity contribution in [3.63, 3.8) is 0 Å². The molecule has 1 aromatic heterocycles. The number of hydrogen-bond acceptors (Lipinski definition) is 4. The van der Waals surface area contributed by atoms with Gasteiger partial charge in [-0.25, -0.2) is 4.99 Å². The number of benzene rings is 1. The summed E-state index contributed by atoms with van der Waals surface area (Å²) in [7, 11) is 0. The number of furan rings is 1. The minimum absolute atomic E-state index is 0.144. The number of nitrogens with zero attached hydrogens (tertiary/aromatic N) is 1. The average molecular weight is 383 g/mol. The molecule has 8 heteroatoms. The molecule has 0 saturated heterocycles. The molecule has 0 unspecified atom stereocenters. The quantitative estimate of drug-likeness (QED) is 0.373. The predicted molar refractivity (Wildman–Crippen MR) is 101 cm³/mol. The van der Waals surface area contributed by atoms with Crippen molar-refractivity contribution in [2.75, 3.05) is 25.1 Å². The van der Waals surface area contributed by atoms with E-state index in [0.29, 0.717) is 18.1 Å². The molecule has 0 spiro atoms. The van der Waals surface area contributed by atoms with E-state index in [1.54, 1.807) is 36.2 Å². The molecule has 2 aromatic rings. The molecule has 0 aliphatic heterocycles. The summed E-state index contributed by atoms with van der Waals surface area (Å²) in [4.78, 5) is 4.48. The number of nitrogens with one attached hydrogen (secondary N) is 2. The minimum Gasteiger partial charge on any atom is -0.469 e. The lowest BCUT2D eigenvalue weighted by Crippen LogP contribution is -2.39. The van der Waals surface area contributed by atoms with Crippen molar-refractivity contribution in [1.29, 1.82) is 0 Å². The summed E-state index contributed by atoms with van der Waals surface area (Å²) in [6, 6.07) is 10.4. The maximum Gasteiger partial charge on any atom is 0.387 e. The Kier molecular flexibility index (Phi) is 8.82. The van der Waals surface area contributed by atoms with Crippen molar-refractivity contribution < 1.29 is 17.9 Å². The summed E-state index contributed by atoms with van der Waals surface area (Å²) in [5, 5.41) is 6.46. The van der Waals surface area contributed by atoms with E-state index in [9.17, 15) is 8.78 Å². The fraction of sp³-hybridized carbons (Fsp3) is 0.389. The second kappa shape index (κ2) is 11.4.